The maximum Gasteiger partial charge on any atom is 0.313 e. The third kappa shape index (κ3) is 6.72. The molecule has 1 heterocycles. The van der Waals surface area contributed by atoms with Crippen molar-refractivity contribution in [3.05, 3.63) is 87.3 Å². The second-order valence-electron chi connectivity index (χ2n) is 7.06. The van der Waals surface area contributed by atoms with E-state index in [-0.39, 0.29) is 22.9 Å². The summed E-state index contributed by atoms with van der Waals surface area (Å²) in [6, 6.07) is 16.4. The molecule has 3 rings (SSSR count). The van der Waals surface area contributed by atoms with E-state index in [1.165, 1.54) is 24.3 Å². The molecule has 3 N–H and O–H groups in total. The Balaban J connectivity index is 1.57. The number of hydrogen-bond donors (Lipinski definition) is 3. The highest BCUT2D eigenvalue weighted by molar-refractivity contribution is 6.42. The molecule has 1 aromatic heterocycles. The van der Waals surface area contributed by atoms with E-state index in [1.54, 1.807) is 30.3 Å². The van der Waals surface area contributed by atoms with Crippen LogP contribution in [0.1, 0.15) is 17.1 Å². The molecule has 0 radical (unpaired) electrons. The first-order chi connectivity index (χ1) is 16.2. The van der Waals surface area contributed by atoms with Gasteiger partial charge in [0.2, 0.25) is 0 Å². The summed E-state index contributed by atoms with van der Waals surface area (Å²) in [5.74, 6) is -1.78. The van der Waals surface area contributed by atoms with E-state index in [1.807, 2.05) is 19.1 Å². The lowest BCUT2D eigenvalue weighted by atomic mass is 10.2. The number of amides is 3. The van der Waals surface area contributed by atoms with Gasteiger partial charge in [0.15, 0.2) is 0 Å². The number of carbonyl (C=O) groups is 3. The van der Waals surface area contributed by atoms with Crippen molar-refractivity contribution in [1.82, 2.24) is 5.32 Å². The molecule has 172 valence electrons. The third-order valence-corrected chi connectivity index (χ3v) is 5.19. The van der Waals surface area contributed by atoms with Crippen LogP contribution >= 0.6 is 23.2 Å². The lowest BCUT2D eigenvalue weighted by molar-refractivity contribution is -0.136. The molecule has 0 unspecified atom stereocenters. The molecule has 0 bridgehead atoms. The van der Waals surface area contributed by atoms with Crippen molar-refractivity contribution < 1.29 is 18.8 Å². The van der Waals surface area contributed by atoms with E-state index >= 15 is 0 Å². The lowest BCUT2D eigenvalue weighted by Gasteiger charge is -2.06. The number of nitriles is 1. The molecular weight excluding hydrogens is 479 g/mol. The number of benzene rings is 2. The molecular formula is C24H18Cl2N4O4. The van der Waals surface area contributed by atoms with Crippen LogP contribution in [0.5, 0.6) is 0 Å². The van der Waals surface area contributed by atoms with Gasteiger partial charge in [0.25, 0.3) is 5.91 Å². The van der Waals surface area contributed by atoms with Crippen LogP contribution in [0.2, 0.25) is 10.0 Å². The van der Waals surface area contributed by atoms with Crippen LogP contribution in [-0.4, -0.2) is 17.7 Å². The van der Waals surface area contributed by atoms with Crippen molar-refractivity contribution in [2.45, 2.75) is 13.5 Å². The first-order valence-corrected chi connectivity index (χ1v) is 10.6. The van der Waals surface area contributed by atoms with Crippen LogP contribution in [-0.2, 0) is 20.9 Å². The summed E-state index contributed by atoms with van der Waals surface area (Å²) in [5.41, 5.74) is 1.68. The number of anilines is 2. The van der Waals surface area contributed by atoms with Gasteiger partial charge < -0.3 is 20.4 Å². The second kappa shape index (κ2) is 11.2. The summed E-state index contributed by atoms with van der Waals surface area (Å²) >= 11 is 11.8. The van der Waals surface area contributed by atoms with E-state index in [2.05, 4.69) is 16.0 Å². The second-order valence-corrected chi connectivity index (χ2v) is 7.87. The van der Waals surface area contributed by atoms with Crippen molar-refractivity contribution in [3.63, 3.8) is 0 Å². The number of aryl methyl sites for hydroxylation is 1. The molecule has 8 nitrogen and oxygen atoms in total. The van der Waals surface area contributed by atoms with Crippen LogP contribution in [0.4, 0.5) is 11.4 Å². The highest BCUT2D eigenvalue weighted by Gasteiger charge is 2.15. The quantitative estimate of drug-likeness (QED) is 0.259. The highest BCUT2D eigenvalue weighted by Crippen LogP contribution is 2.25. The SMILES string of the molecule is Cc1ccc(NC(=O)C(=O)NCc2ccc(/C=C(/C#N)C(=O)Nc3ccc(Cl)c(Cl)c3)o2)cc1. The normalized spacial score (nSPS) is 10.8. The lowest BCUT2D eigenvalue weighted by Crippen LogP contribution is -2.34. The molecule has 0 saturated carbocycles. The Labute approximate surface area is 205 Å². The Kier molecular flexibility index (Phi) is 8.09. The van der Waals surface area contributed by atoms with E-state index in [0.717, 1.165) is 5.56 Å². The van der Waals surface area contributed by atoms with Crippen molar-refractivity contribution in [1.29, 1.82) is 5.26 Å². The summed E-state index contributed by atoms with van der Waals surface area (Å²) in [4.78, 5) is 36.4. The number of carbonyl (C=O) groups excluding carboxylic acids is 3. The molecule has 0 atom stereocenters. The zero-order chi connectivity index (χ0) is 24.7. The molecule has 0 aliphatic heterocycles. The monoisotopic (exact) mass is 496 g/mol. The Morgan fingerprint density at radius 1 is 0.912 bits per heavy atom. The maximum atomic E-state index is 12.4. The fourth-order valence-corrected chi connectivity index (χ4v) is 3.00. The molecule has 2 aromatic carbocycles. The van der Waals surface area contributed by atoms with Crippen LogP contribution in [0.15, 0.2) is 64.6 Å². The fraction of sp³-hybridized carbons (Fsp3) is 0.0833. The predicted octanol–water partition coefficient (Wildman–Crippen LogP) is 4.70. The first-order valence-electron chi connectivity index (χ1n) is 9.88. The van der Waals surface area contributed by atoms with E-state index in [4.69, 9.17) is 27.6 Å². The summed E-state index contributed by atoms with van der Waals surface area (Å²) in [6.07, 6.45) is 1.25. The minimum absolute atomic E-state index is 0.0641. The van der Waals surface area contributed by atoms with Crippen molar-refractivity contribution in [2.24, 2.45) is 0 Å². The molecule has 0 aliphatic carbocycles. The fourth-order valence-electron chi connectivity index (χ4n) is 2.70. The van der Waals surface area contributed by atoms with Crippen LogP contribution in [0.25, 0.3) is 6.08 Å². The average Bonchev–Trinajstić information content (AvgIpc) is 3.27. The van der Waals surface area contributed by atoms with Crippen LogP contribution in [0, 0.1) is 18.3 Å². The van der Waals surface area contributed by atoms with Crippen molar-refractivity contribution in [3.8, 4) is 6.07 Å². The number of rotatable bonds is 6. The zero-order valence-corrected chi connectivity index (χ0v) is 19.3. The Bertz CT molecular complexity index is 1310. The van der Waals surface area contributed by atoms with Crippen molar-refractivity contribution >= 4 is 58.4 Å². The number of hydrogen-bond acceptors (Lipinski definition) is 5. The Hall–Kier alpha value is -4.06. The Morgan fingerprint density at radius 3 is 2.26 bits per heavy atom. The summed E-state index contributed by atoms with van der Waals surface area (Å²) in [5, 5.41) is 17.4. The largest absolute Gasteiger partial charge is 0.460 e. The molecule has 0 fully saturated rings. The summed E-state index contributed by atoms with van der Waals surface area (Å²) < 4.78 is 5.52. The van der Waals surface area contributed by atoms with Gasteiger partial charge in [-0.2, -0.15) is 5.26 Å². The van der Waals surface area contributed by atoms with E-state index < -0.39 is 17.7 Å². The standard InChI is InChI=1S/C24H18Cl2N4O4/c1-14-2-4-16(5-3-14)29-24(33)23(32)28-13-19-8-7-18(34-19)10-15(12-27)22(31)30-17-6-9-20(25)21(26)11-17/h2-11H,13H2,1H3,(H,28,32)(H,29,33)(H,30,31)/b15-10-. The van der Waals surface area contributed by atoms with Gasteiger partial charge in [0.05, 0.1) is 16.6 Å². The van der Waals surface area contributed by atoms with Gasteiger partial charge in [0, 0.05) is 17.5 Å². The topological polar surface area (TPSA) is 124 Å². The zero-order valence-electron chi connectivity index (χ0n) is 17.8. The molecule has 3 amide bonds. The highest BCUT2D eigenvalue weighted by atomic mass is 35.5. The van der Waals surface area contributed by atoms with Gasteiger partial charge in [-0.3, -0.25) is 14.4 Å². The van der Waals surface area contributed by atoms with Gasteiger partial charge in [-0.05, 0) is 49.4 Å². The van der Waals surface area contributed by atoms with Crippen molar-refractivity contribution in [2.75, 3.05) is 10.6 Å². The number of furan rings is 1. The summed E-state index contributed by atoms with van der Waals surface area (Å²) in [6.45, 7) is 1.85. The summed E-state index contributed by atoms with van der Waals surface area (Å²) in [7, 11) is 0. The smallest absolute Gasteiger partial charge is 0.313 e. The predicted molar refractivity (Wildman–Crippen MR) is 129 cm³/mol. The molecule has 3 aromatic rings. The molecule has 10 heteroatoms. The Morgan fingerprint density at radius 2 is 1.59 bits per heavy atom. The molecule has 0 spiro atoms. The minimum Gasteiger partial charge on any atom is -0.460 e. The minimum atomic E-state index is -0.840. The van der Waals surface area contributed by atoms with Gasteiger partial charge in [0.1, 0.15) is 23.2 Å². The first kappa shape index (κ1) is 24.6. The maximum absolute atomic E-state index is 12.4. The number of nitrogens with zero attached hydrogens (tertiary/aromatic N) is 1. The van der Waals surface area contributed by atoms with E-state index in [9.17, 15) is 19.6 Å². The van der Waals surface area contributed by atoms with Gasteiger partial charge in [-0.15, -0.1) is 0 Å². The average molecular weight is 497 g/mol. The van der Waals surface area contributed by atoms with Crippen LogP contribution < -0.4 is 16.0 Å². The molecule has 0 aliphatic rings. The van der Waals surface area contributed by atoms with Gasteiger partial charge in [-0.1, -0.05) is 40.9 Å². The molecule has 0 saturated heterocycles. The van der Waals surface area contributed by atoms with Gasteiger partial charge in [-0.25, -0.2) is 0 Å². The van der Waals surface area contributed by atoms with Crippen LogP contribution in [0.3, 0.4) is 0 Å². The number of halogens is 2. The van der Waals surface area contributed by atoms with E-state index in [0.29, 0.717) is 22.2 Å². The molecule has 34 heavy (non-hydrogen) atoms. The van der Waals surface area contributed by atoms with Gasteiger partial charge >= 0.3 is 11.8 Å². The number of nitrogens with one attached hydrogen (secondary N) is 3. The third-order valence-electron chi connectivity index (χ3n) is 4.45.